The number of pyridine rings is 1. The van der Waals surface area contributed by atoms with E-state index in [0.29, 0.717) is 29.6 Å². The number of anilines is 5. The maximum Gasteiger partial charge on any atom is 0.241 e. The lowest BCUT2D eigenvalue weighted by Crippen LogP contribution is -2.22. The van der Waals surface area contributed by atoms with E-state index >= 15 is 0 Å². The van der Waals surface area contributed by atoms with Crippen molar-refractivity contribution in [3.63, 3.8) is 0 Å². The SMILES string of the molecule is CNc1nc(NC2CCCCCC2)nc(N(c2ccncc2)c2ccc(OC)c(F)c2)n1. The highest BCUT2D eigenvalue weighted by molar-refractivity contribution is 5.73. The normalized spacial score (nSPS) is 14.5. The molecule has 0 unspecified atom stereocenters. The van der Waals surface area contributed by atoms with Crippen LogP contribution in [0.1, 0.15) is 38.5 Å². The Bertz CT molecular complexity index is 1030. The predicted octanol–water partition coefficient (Wildman–Crippen LogP) is 5.06. The molecule has 1 aliphatic rings. The molecule has 0 amide bonds. The molecule has 8 nitrogen and oxygen atoms in total. The van der Waals surface area contributed by atoms with Crippen LogP contribution in [0.4, 0.5) is 33.6 Å². The van der Waals surface area contributed by atoms with Crippen LogP contribution in [0.2, 0.25) is 0 Å². The Balaban J connectivity index is 1.75. The van der Waals surface area contributed by atoms with Crippen molar-refractivity contribution in [2.45, 2.75) is 44.6 Å². The molecule has 0 bridgehead atoms. The number of rotatable bonds is 7. The summed E-state index contributed by atoms with van der Waals surface area (Å²) in [5, 5.41) is 6.50. The van der Waals surface area contributed by atoms with Crippen molar-refractivity contribution in [3.8, 4) is 5.75 Å². The summed E-state index contributed by atoms with van der Waals surface area (Å²) in [6.45, 7) is 0. The van der Waals surface area contributed by atoms with Gasteiger partial charge in [-0.2, -0.15) is 15.0 Å². The van der Waals surface area contributed by atoms with Gasteiger partial charge in [0, 0.05) is 31.5 Å². The summed E-state index contributed by atoms with van der Waals surface area (Å²) in [6.07, 6.45) is 10.5. The van der Waals surface area contributed by atoms with Gasteiger partial charge in [-0.15, -0.1) is 0 Å². The topological polar surface area (TPSA) is 88.1 Å². The summed E-state index contributed by atoms with van der Waals surface area (Å²) >= 11 is 0. The molecule has 2 aromatic heterocycles. The molecule has 3 aromatic rings. The highest BCUT2D eigenvalue weighted by atomic mass is 19.1. The molecule has 2 N–H and O–H groups in total. The second-order valence-electron chi connectivity index (χ2n) is 7.73. The van der Waals surface area contributed by atoms with Crippen molar-refractivity contribution in [3.05, 3.63) is 48.5 Å². The minimum atomic E-state index is -0.469. The van der Waals surface area contributed by atoms with Crippen molar-refractivity contribution in [1.29, 1.82) is 0 Å². The fraction of sp³-hybridized carbons (Fsp3) is 0.391. The number of hydrogen-bond donors (Lipinski definition) is 2. The molecule has 1 fully saturated rings. The summed E-state index contributed by atoms with van der Waals surface area (Å²) in [5.74, 6) is 1.00. The van der Waals surface area contributed by atoms with Gasteiger partial charge < -0.3 is 15.4 Å². The van der Waals surface area contributed by atoms with Gasteiger partial charge in [-0.25, -0.2) is 4.39 Å². The van der Waals surface area contributed by atoms with Gasteiger partial charge >= 0.3 is 0 Å². The largest absolute Gasteiger partial charge is 0.494 e. The van der Waals surface area contributed by atoms with Gasteiger partial charge in [-0.05, 0) is 37.1 Å². The molecule has 4 rings (SSSR count). The van der Waals surface area contributed by atoms with Crippen LogP contribution >= 0.6 is 0 Å². The highest BCUT2D eigenvalue weighted by Gasteiger charge is 2.21. The molecule has 1 saturated carbocycles. The smallest absolute Gasteiger partial charge is 0.241 e. The molecule has 168 valence electrons. The molecular formula is C23H28FN7O. The standard InChI is InChI=1S/C23H28FN7O/c1-25-21-28-22(27-16-7-5-3-4-6-8-16)30-23(29-21)31(17-11-13-26-14-12-17)18-9-10-20(32-2)19(24)15-18/h9-16H,3-8H2,1-2H3,(H2,25,27,28,29,30). The summed E-state index contributed by atoms with van der Waals surface area (Å²) < 4.78 is 19.6. The first-order chi connectivity index (χ1) is 15.7. The maximum absolute atomic E-state index is 14.6. The van der Waals surface area contributed by atoms with Crippen LogP contribution in [0.15, 0.2) is 42.7 Å². The van der Waals surface area contributed by atoms with E-state index in [1.165, 1.54) is 38.9 Å². The highest BCUT2D eigenvalue weighted by Crippen LogP contribution is 2.35. The molecule has 32 heavy (non-hydrogen) atoms. The molecule has 1 aromatic carbocycles. The van der Waals surface area contributed by atoms with E-state index in [9.17, 15) is 4.39 Å². The first kappa shape index (κ1) is 21.7. The van der Waals surface area contributed by atoms with Crippen LogP contribution in [0.25, 0.3) is 0 Å². The average molecular weight is 438 g/mol. The number of halogens is 1. The molecule has 2 heterocycles. The van der Waals surface area contributed by atoms with Crippen molar-refractivity contribution < 1.29 is 9.13 Å². The molecule has 0 atom stereocenters. The third kappa shape index (κ3) is 5.04. The van der Waals surface area contributed by atoms with E-state index < -0.39 is 5.82 Å². The Kier molecular flexibility index (Phi) is 6.94. The summed E-state index contributed by atoms with van der Waals surface area (Å²) in [7, 11) is 3.20. The zero-order chi connectivity index (χ0) is 22.3. The number of benzene rings is 1. The van der Waals surface area contributed by atoms with Crippen molar-refractivity contribution in [2.24, 2.45) is 0 Å². The summed E-state index contributed by atoms with van der Waals surface area (Å²) in [4.78, 5) is 19.7. The minimum absolute atomic E-state index is 0.172. The number of hydrogen-bond acceptors (Lipinski definition) is 8. The molecule has 0 aliphatic heterocycles. The zero-order valence-corrected chi connectivity index (χ0v) is 18.4. The number of ether oxygens (including phenoxy) is 1. The summed E-state index contributed by atoms with van der Waals surface area (Å²) in [5.41, 5.74) is 1.31. The van der Waals surface area contributed by atoms with Gasteiger partial charge in [0.15, 0.2) is 11.6 Å². The quantitative estimate of drug-likeness (QED) is 0.496. The molecule has 0 saturated heterocycles. The molecule has 9 heteroatoms. The Morgan fingerprint density at radius 2 is 1.66 bits per heavy atom. The molecule has 1 aliphatic carbocycles. The van der Waals surface area contributed by atoms with Gasteiger partial charge in [0.25, 0.3) is 0 Å². The number of nitrogens with zero attached hydrogens (tertiary/aromatic N) is 5. The summed E-state index contributed by atoms with van der Waals surface area (Å²) in [6, 6.07) is 8.73. The van der Waals surface area contributed by atoms with E-state index in [2.05, 4.69) is 25.6 Å². The Morgan fingerprint density at radius 1 is 0.938 bits per heavy atom. The van der Waals surface area contributed by atoms with E-state index in [0.717, 1.165) is 18.5 Å². The van der Waals surface area contributed by atoms with E-state index in [1.54, 1.807) is 36.5 Å². The van der Waals surface area contributed by atoms with Gasteiger partial charge in [-0.1, -0.05) is 25.7 Å². The minimum Gasteiger partial charge on any atom is -0.494 e. The molecule has 0 spiro atoms. The Morgan fingerprint density at radius 3 is 2.31 bits per heavy atom. The average Bonchev–Trinajstić information content (AvgIpc) is 3.08. The molecular weight excluding hydrogens is 409 g/mol. The Labute approximate surface area is 187 Å². The third-order valence-corrected chi connectivity index (χ3v) is 5.55. The van der Waals surface area contributed by atoms with Crippen LogP contribution in [0.5, 0.6) is 5.75 Å². The van der Waals surface area contributed by atoms with Crippen molar-refractivity contribution in [2.75, 3.05) is 29.7 Å². The van der Waals surface area contributed by atoms with Gasteiger partial charge in [0.1, 0.15) is 0 Å². The van der Waals surface area contributed by atoms with Gasteiger partial charge in [0.05, 0.1) is 18.5 Å². The maximum atomic E-state index is 14.6. The Hall–Kier alpha value is -3.49. The number of aromatic nitrogens is 4. The second kappa shape index (κ2) is 10.2. The first-order valence-corrected chi connectivity index (χ1v) is 10.9. The van der Waals surface area contributed by atoms with Crippen LogP contribution in [-0.2, 0) is 0 Å². The third-order valence-electron chi connectivity index (χ3n) is 5.55. The van der Waals surface area contributed by atoms with Gasteiger partial charge in [-0.3, -0.25) is 9.88 Å². The fourth-order valence-corrected chi connectivity index (χ4v) is 3.91. The lowest BCUT2D eigenvalue weighted by atomic mass is 10.1. The number of nitrogens with one attached hydrogen (secondary N) is 2. The van der Waals surface area contributed by atoms with Crippen LogP contribution < -0.4 is 20.3 Å². The number of methoxy groups -OCH3 is 1. The van der Waals surface area contributed by atoms with Crippen molar-refractivity contribution >= 4 is 29.2 Å². The zero-order valence-electron chi connectivity index (χ0n) is 18.4. The van der Waals surface area contributed by atoms with E-state index in [4.69, 9.17) is 9.72 Å². The van der Waals surface area contributed by atoms with E-state index in [1.807, 2.05) is 12.1 Å². The van der Waals surface area contributed by atoms with Gasteiger partial charge in [0.2, 0.25) is 17.8 Å². The fourth-order valence-electron chi connectivity index (χ4n) is 3.91. The second-order valence-corrected chi connectivity index (χ2v) is 7.73. The van der Waals surface area contributed by atoms with Crippen LogP contribution in [-0.4, -0.2) is 40.1 Å². The van der Waals surface area contributed by atoms with Crippen molar-refractivity contribution in [1.82, 2.24) is 19.9 Å². The lowest BCUT2D eigenvalue weighted by molar-refractivity contribution is 0.386. The van der Waals surface area contributed by atoms with Crippen LogP contribution in [0.3, 0.4) is 0 Å². The van der Waals surface area contributed by atoms with Crippen LogP contribution in [0, 0.1) is 5.82 Å². The lowest BCUT2D eigenvalue weighted by Gasteiger charge is -2.24. The molecule has 0 radical (unpaired) electrons. The van der Waals surface area contributed by atoms with E-state index in [-0.39, 0.29) is 5.75 Å². The first-order valence-electron chi connectivity index (χ1n) is 10.9. The monoisotopic (exact) mass is 437 g/mol. The predicted molar refractivity (Wildman–Crippen MR) is 123 cm³/mol.